The zero-order valence-corrected chi connectivity index (χ0v) is 11.6. The van der Waals surface area contributed by atoms with Crippen molar-refractivity contribution >= 4 is 5.91 Å². The molecule has 0 aliphatic rings. The van der Waals surface area contributed by atoms with Gasteiger partial charge in [0.2, 0.25) is 5.89 Å². The Kier molecular flexibility index (Phi) is 5.07. The van der Waals surface area contributed by atoms with Crippen LogP contribution < -0.4 is 5.32 Å². The lowest BCUT2D eigenvalue weighted by atomic mass is 10.1. The molecule has 0 radical (unpaired) electrons. The third-order valence-electron chi connectivity index (χ3n) is 2.63. The van der Waals surface area contributed by atoms with Crippen LogP contribution in [0.1, 0.15) is 27.6 Å². The summed E-state index contributed by atoms with van der Waals surface area (Å²) >= 11 is 0. The number of aromatic nitrogens is 2. The summed E-state index contributed by atoms with van der Waals surface area (Å²) in [6.07, 6.45) is 0.483. The van der Waals surface area contributed by atoms with Crippen LogP contribution in [0.4, 0.5) is 0 Å². The largest absolute Gasteiger partial charge is 0.384 e. The number of aryl methyl sites for hydroxylation is 1. The number of aliphatic hydroxyl groups excluding tert-OH is 1. The summed E-state index contributed by atoms with van der Waals surface area (Å²) in [6.45, 7) is 1.94. The molecule has 0 spiro atoms. The second-order valence-electron chi connectivity index (χ2n) is 4.28. The van der Waals surface area contributed by atoms with Crippen molar-refractivity contribution in [2.24, 2.45) is 0 Å². The second-order valence-corrected chi connectivity index (χ2v) is 4.28. The maximum absolute atomic E-state index is 12.0. The number of carbonyl (C=O) groups is 1. The number of nitrogens with one attached hydrogen (secondary N) is 1. The Labute approximate surface area is 122 Å². The van der Waals surface area contributed by atoms with E-state index in [0.29, 0.717) is 35.8 Å². The number of nitrogens with zero attached hydrogens (tertiary/aromatic N) is 2. The number of carbonyl (C=O) groups excluding carboxylic acids is 1. The fourth-order valence-corrected chi connectivity index (χ4v) is 1.71. The number of hydrogen-bond donors (Lipinski definition) is 2. The molecule has 0 fully saturated rings. The van der Waals surface area contributed by atoms with E-state index in [1.54, 1.807) is 31.2 Å². The number of benzene rings is 1. The summed E-state index contributed by atoms with van der Waals surface area (Å²) in [5, 5.41) is 15.1. The lowest BCUT2D eigenvalue weighted by Crippen LogP contribution is -2.25. The van der Waals surface area contributed by atoms with E-state index in [4.69, 9.17) is 9.63 Å². The lowest BCUT2D eigenvalue weighted by molar-refractivity contribution is 0.0953. The fraction of sp³-hybridized carbons (Fsp3) is 0.267. The Morgan fingerprint density at radius 1 is 1.48 bits per heavy atom. The standard InChI is InChI=1S/C15H15N3O3/c1-11-17-14(21-18-11)7-8-16-15(20)13-6-2-4-12(10-13)5-3-9-19/h2,4,6,10,19H,7-9H2,1H3,(H,16,20). The molecule has 21 heavy (non-hydrogen) atoms. The second kappa shape index (κ2) is 7.22. The zero-order valence-electron chi connectivity index (χ0n) is 11.6. The average Bonchev–Trinajstić information content (AvgIpc) is 2.91. The molecule has 6 heteroatoms. The van der Waals surface area contributed by atoms with Crippen LogP contribution in [0.2, 0.25) is 0 Å². The highest BCUT2D eigenvalue weighted by atomic mass is 16.5. The average molecular weight is 285 g/mol. The van der Waals surface area contributed by atoms with Gasteiger partial charge in [0.1, 0.15) is 6.61 Å². The summed E-state index contributed by atoms with van der Waals surface area (Å²) in [7, 11) is 0. The quantitative estimate of drug-likeness (QED) is 0.807. The van der Waals surface area contributed by atoms with Crippen molar-refractivity contribution in [3.63, 3.8) is 0 Å². The van der Waals surface area contributed by atoms with Gasteiger partial charge in [0.25, 0.3) is 5.91 Å². The highest BCUT2D eigenvalue weighted by Crippen LogP contribution is 2.04. The van der Waals surface area contributed by atoms with E-state index in [0.717, 1.165) is 0 Å². The topological polar surface area (TPSA) is 88.2 Å². The van der Waals surface area contributed by atoms with E-state index in [2.05, 4.69) is 27.3 Å². The molecule has 0 saturated carbocycles. The number of amides is 1. The monoisotopic (exact) mass is 285 g/mol. The van der Waals surface area contributed by atoms with Gasteiger partial charge in [0.15, 0.2) is 5.82 Å². The summed E-state index contributed by atoms with van der Waals surface area (Å²) in [4.78, 5) is 16.0. The molecule has 2 aromatic rings. The van der Waals surface area contributed by atoms with Gasteiger partial charge in [-0.2, -0.15) is 4.98 Å². The Hall–Kier alpha value is -2.65. The van der Waals surface area contributed by atoms with E-state index < -0.39 is 0 Å². The normalized spacial score (nSPS) is 9.81. The van der Waals surface area contributed by atoms with Crippen molar-refractivity contribution in [2.45, 2.75) is 13.3 Å². The van der Waals surface area contributed by atoms with Gasteiger partial charge in [-0.05, 0) is 25.1 Å². The van der Waals surface area contributed by atoms with Gasteiger partial charge >= 0.3 is 0 Å². The van der Waals surface area contributed by atoms with Crippen LogP contribution in [0.5, 0.6) is 0 Å². The molecule has 0 aliphatic carbocycles. The van der Waals surface area contributed by atoms with Crippen molar-refractivity contribution in [1.82, 2.24) is 15.5 Å². The number of aliphatic hydroxyl groups is 1. The first-order valence-electron chi connectivity index (χ1n) is 6.46. The van der Waals surface area contributed by atoms with Crippen LogP contribution in [0, 0.1) is 18.8 Å². The van der Waals surface area contributed by atoms with Gasteiger partial charge in [0.05, 0.1) is 0 Å². The van der Waals surface area contributed by atoms with Crippen LogP contribution in [-0.4, -0.2) is 34.3 Å². The number of rotatable bonds is 4. The third-order valence-corrected chi connectivity index (χ3v) is 2.63. The summed E-state index contributed by atoms with van der Waals surface area (Å²) in [5.41, 5.74) is 1.20. The van der Waals surface area contributed by atoms with Gasteiger partial charge in [-0.3, -0.25) is 4.79 Å². The highest BCUT2D eigenvalue weighted by molar-refractivity contribution is 5.94. The minimum Gasteiger partial charge on any atom is -0.384 e. The van der Waals surface area contributed by atoms with E-state index in [1.165, 1.54) is 0 Å². The first-order valence-corrected chi connectivity index (χ1v) is 6.46. The third kappa shape index (κ3) is 4.44. The predicted molar refractivity (Wildman–Crippen MR) is 75.5 cm³/mol. The Balaban J connectivity index is 1.91. The molecule has 1 amide bonds. The summed E-state index contributed by atoms with van der Waals surface area (Å²) < 4.78 is 4.96. The molecule has 2 N–H and O–H groups in total. The lowest BCUT2D eigenvalue weighted by Gasteiger charge is -2.03. The molecule has 1 aromatic carbocycles. The smallest absolute Gasteiger partial charge is 0.251 e. The molecule has 0 saturated heterocycles. The van der Waals surface area contributed by atoms with Crippen molar-refractivity contribution in [2.75, 3.05) is 13.2 Å². The molecule has 1 aromatic heterocycles. The predicted octanol–water partition coefficient (Wildman–Crippen LogP) is 0.694. The van der Waals surface area contributed by atoms with E-state index in [1.807, 2.05) is 0 Å². The number of hydrogen-bond acceptors (Lipinski definition) is 5. The van der Waals surface area contributed by atoms with Crippen LogP contribution in [0.3, 0.4) is 0 Å². The summed E-state index contributed by atoms with van der Waals surface area (Å²) in [5.74, 6) is 6.18. The van der Waals surface area contributed by atoms with Gasteiger partial charge in [-0.15, -0.1) is 0 Å². The molecule has 0 atom stereocenters. The molecule has 2 rings (SSSR count). The maximum Gasteiger partial charge on any atom is 0.251 e. The van der Waals surface area contributed by atoms with Crippen molar-refractivity contribution < 1.29 is 14.4 Å². The van der Waals surface area contributed by atoms with E-state index in [9.17, 15) is 4.79 Å². The highest BCUT2D eigenvalue weighted by Gasteiger charge is 2.07. The molecule has 1 heterocycles. The first-order chi connectivity index (χ1) is 10.2. The van der Waals surface area contributed by atoms with Gasteiger partial charge in [0, 0.05) is 24.1 Å². The van der Waals surface area contributed by atoms with Gasteiger partial charge in [-0.1, -0.05) is 23.1 Å². The van der Waals surface area contributed by atoms with Crippen LogP contribution in [0.15, 0.2) is 28.8 Å². The first kappa shape index (κ1) is 14.8. The molecule has 0 unspecified atom stereocenters. The van der Waals surface area contributed by atoms with Gasteiger partial charge in [-0.25, -0.2) is 0 Å². The Bertz CT molecular complexity index is 683. The van der Waals surface area contributed by atoms with Crippen LogP contribution >= 0.6 is 0 Å². The minimum atomic E-state index is -0.208. The molecule has 6 nitrogen and oxygen atoms in total. The Morgan fingerprint density at radius 2 is 2.33 bits per heavy atom. The molecular formula is C15H15N3O3. The van der Waals surface area contributed by atoms with E-state index >= 15 is 0 Å². The van der Waals surface area contributed by atoms with Gasteiger partial charge < -0.3 is 14.9 Å². The molecule has 0 bridgehead atoms. The molecular weight excluding hydrogens is 270 g/mol. The molecule has 108 valence electrons. The fourth-order valence-electron chi connectivity index (χ4n) is 1.71. The SMILES string of the molecule is Cc1noc(CCNC(=O)c2cccc(C#CCO)c2)n1. The maximum atomic E-state index is 12.0. The van der Waals surface area contributed by atoms with Crippen molar-refractivity contribution in [3.8, 4) is 11.8 Å². The van der Waals surface area contributed by atoms with Crippen LogP contribution in [0.25, 0.3) is 0 Å². The van der Waals surface area contributed by atoms with Crippen molar-refractivity contribution in [3.05, 3.63) is 47.1 Å². The van der Waals surface area contributed by atoms with E-state index in [-0.39, 0.29) is 12.5 Å². The zero-order chi connectivity index (χ0) is 15.1. The van der Waals surface area contributed by atoms with Crippen LogP contribution in [-0.2, 0) is 6.42 Å². The summed E-state index contributed by atoms with van der Waals surface area (Å²) in [6, 6.07) is 6.91. The minimum absolute atomic E-state index is 0.195. The Morgan fingerprint density at radius 3 is 3.05 bits per heavy atom. The van der Waals surface area contributed by atoms with Crippen molar-refractivity contribution in [1.29, 1.82) is 0 Å². The molecule has 0 aliphatic heterocycles.